The number of halogens is 1. The first-order chi connectivity index (χ1) is 9.49. The van der Waals surface area contributed by atoms with Gasteiger partial charge in [-0.15, -0.1) is 0 Å². The normalized spacial score (nSPS) is 20.0. The van der Waals surface area contributed by atoms with E-state index in [4.69, 9.17) is 5.73 Å². The van der Waals surface area contributed by atoms with Gasteiger partial charge in [0.05, 0.1) is 0 Å². The number of nitrogen functional groups attached to an aromatic ring is 1. The van der Waals surface area contributed by atoms with Crippen LogP contribution in [0.1, 0.15) is 43.5 Å². The summed E-state index contributed by atoms with van der Waals surface area (Å²) in [6, 6.07) is 5.42. The summed E-state index contributed by atoms with van der Waals surface area (Å²) in [5, 5.41) is 0. The van der Waals surface area contributed by atoms with Crippen LogP contribution in [-0.2, 0) is 0 Å². The number of benzene rings is 1. The molecule has 20 heavy (non-hydrogen) atoms. The Morgan fingerprint density at radius 3 is 2.75 bits per heavy atom. The van der Waals surface area contributed by atoms with Crippen LogP contribution in [0.15, 0.2) is 22.7 Å². The maximum atomic E-state index is 12.6. The summed E-state index contributed by atoms with van der Waals surface area (Å²) in [6.45, 7) is 6.28. The third-order valence-electron chi connectivity index (χ3n) is 4.25. The molecular weight excluding hydrogens is 316 g/mol. The van der Waals surface area contributed by atoms with Gasteiger partial charge in [0.25, 0.3) is 5.91 Å². The van der Waals surface area contributed by atoms with Crippen molar-refractivity contribution in [1.82, 2.24) is 4.90 Å². The van der Waals surface area contributed by atoms with E-state index in [2.05, 4.69) is 29.8 Å². The first-order valence-corrected chi connectivity index (χ1v) is 8.12. The lowest BCUT2D eigenvalue weighted by atomic mass is 9.89. The van der Waals surface area contributed by atoms with E-state index in [0.717, 1.165) is 36.3 Å². The molecule has 1 aliphatic heterocycles. The molecule has 1 fully saturated rings. The van der Waals surface area contributed by atoms with Gasteiger partial charge < -0.3 is 10.6 Å². The quantitative estimate of drug-likeness (QED) is 0.830. The highest BCUT2D eigenvalue weighted by Gasteiger charge is 2.23. The minimum atomic E-state index is 0.120. The zero-order valence-electron chi connectivity index (χ0n) is 12.2. The predicted octanol–water partition coefficient (Wildman–Crippen LogP) is 3.93. The lowest BCUT2D eigenvalue weighted by Crippen LogP contribution is -2.32. The molecule has 0 aliphatic carbocycles. The molecule has 1 amide bonds. The van der Waals surface area contributed by atoms with Gasteiger partial charge in [-0.05, 0) is 65.2 Å². The van der Waals surface area contributed by atoms with Crippen molar-refractivity contribution in [1.29, 1.82) is 0 Å². The largest absolute Gasteiger partial charge is 0.398 e. The molecule has 0 spiro atoms. The van der Waals surface area contributed by atoms with Crippen LogP contribution in [0.4, 0.5) is 5.69 Å². The second-order valence-corrected chi connectivity index (χ2v) is 6.82. The number of anilines is 1. The van der Waals surface area contributed by atoms with Crippen LogP contribution in [0.3, 0.4) is 0 Å². The average Bonchev–Trinajstić information content (AvgIpc) is 2.67. The van der Waals surface area contributed by atoms with Crippen LogP contribution in [0.2, 0.25) is 0 Å². The van der Waals surface area contributed by atoms with E-state index in [1.54, 1.807) is 6.07 Å². The number of amides is 1. The molecule has 1 atom stereocenters. The molecule has 0 aromatic heterocycles. The fraction of sp³-hybridized carbons (Fsp3) is 0.562. The van der Waals surface area contributed by atoms with E-state index >= 15 is 0 Å². The van der Waals surface area contributed by atoms with E-state index in [-0.39, 0.29) is 5.91 Å². The molecule has 2 N–H and O–H groups in total. The summed E-state index contributed by atoms with van der Waals surface area (Å²) < 4.78 is 0.790. The lowest BCUT2D eigenvalue weighted by Gasteiger charge is -2.22. The Balaban J connectivity index is 2.07. The number of nitrogens with two attached hydrogens (primary N) is 1. The first kappa shape index (κ1) is 15.4. The maximum Gasteiger partial charge on any atom is 0.253 e. The van der Waals surface area contributed by atoms with Crippen molar-refractivity contribution in [3.8, 4) is 0 Å². The highest BCUT2D eigenvalue weighted by Crippen LogP contribution is 2.26. The van der Waals surface area contributed by atoms with Gasteiger partial charge in [0.15, 0.2) is 0 Å². The number of hydrogen-bond donors (Lipinski definition) is 1. The number of carbonyl (C=O) groups excluding carboxylic acids is 1. The molecular formula is C16H23BrN2O. The fourth-order valence-electron chi connectivity index (χ4n) is 2.83. The van der Waals surface area contributed by atoms with E-state index in [1.165, 1.54) is 6.42 Å². The third-order valence-corrected chi connectivity index (χ3v) is 4.94. The monoisotopic (exact) mass is 338 g/mol. The summed E-state index contributed by atoms with van der Waals surface area (Å²) in [6.07, 6.45) is 3.44. The second kappa shape index (κ2) is 6.61. The molecule has 2 rings (SSSR count). The van der Waals surface area contributed by atoms with Gasteiger partial charge in [-0.1, -0.05) is 13.8 Å². The van der Waals surface area contributed by atoms with Gasteiger partial charge in [-0.3, -0.25) is 4.79 Å². The molecule has 1 aromatic carbocycles. The summed E-state index contributed by atoms with van der Waals surface area (Å²) in [5.41, 5.74) is 7.15. The number of nitrogens with zero attached hydrogens (tertiary/aromatic N) is 1. The summed E-state index contributed by atoms with van der Waals surface area (Å²) in [4.78, 5) is 14.5. The Labute approximate surface area is 129 Å². The SMILES string of the molecule is CC(C)C1CCCN(C(=O)c2ccc(N)c(Br)c2)CC1. The standard InChI is InChI=1S/C16H23BrN2O/c1-11(2)12-4-3-8-19(9-7-12)16(20)13-5-6-15(18)14(17)10-13/h5-6,10-12H,3-4,7-9,18H2,1-2H3. The van der Waals surface area contributed by atoms with Crippen LogP contribution < -0.4 is 5.73 Å². The predicted molar refractivity (Wildman–Crippen MR) is 86.6 cm³/mol. The van der Waals surface area contributed by atoms with E-state index in [0.29, 0.717) is 17.2 Å². The van der Waals surface area contributed by atoms with Gasteiger partial charge in [-0.2, -0.15) is 0 Å². The van der Waals surface area contributed by atoms with Crippen LogP contribution in [0, 0.1) is 11.8 Å². The number of hydrogen-bond acceptors (Lipinski definition) is 2. The van der Waals surface area contributed by atoms with Crippen LogP contribution in [0.5, 0.6) is 0 Å². The van der Waals surface area contributed by atoms with Gasteiger partial charge in [0.1, 0.15) is 0 Å². The minimum absolute atomic E-state index is 0.120. The molecule has 1 unspecified atom stereocenters. The molecule has 1 aromatic rings. The fourth-order valence-corrected chi connectivity index (χ4v) is 3.21. The van der Waals surface area contributed by atoms with Crippen molar-refractivity contribution in [3.05, 3.63) is 28.2 Å². The number of rotatable bonds is 2. The highest BCUT2D eigenvalue weighted by molar-refractivity contribution is 9.10. The Morgan fingerprint density at radius 2 is 2.10 bits per heavy atom. The van der Waals surface area contributed by atoms with Gasteiger partial charge in [-0.25, -0.2) is 0 Å². The maximum absolute atomic E-state index is 12.6. The van der Waals surface area contributed by atoms with Crippen molar-refractivity contribution in [2.75, 3.05) is 18.8 Å². The van der Waals surface area contributed by atoms with Gasteiger partial charge in [0.2, 0.25) is 0 Å². The van der Waals surface area contributed by atoms with E-state index in [1.807, 2.05) is 17.0 Å². The Hall–Kier alpha value is -1.03. The average molecular weight is 339 g/mol. The van der Waals surface area contributed by atoms with Crippen molar-refractivity contribution in [2.45, 2.75) is 33.1 Å². The van der Waals surface area contributed by atoms with Gasteiger partial charge in [0, 0.05) is 28.8 Å². The van der Waals surface area contributed by atoms with Crippen molar-refractivity contribution >= 4 is 27.5 Å². The molecule has 0 saturated carbocycles. The molecule has 0 bridgehead atoms. The summed E-state index contributed by atoms with van der Waals surface area (Å²) in [5.74, 6) is 1.57. The smallest absolute Gasteiger partial charge is 0.253 e. The summed E-state index contributed by atoms with van der Waals surface area (Å²) >= 11 is 3.39. The Bertz CT molecular complexity index is 487. The zero-order valence-corrected chi connectivity index (χ0v) is 13.8. The van der Waals surface area contributed by atoms with Crippen LogP contribution in [0.25, 0.3) is 0 Å². The lowest BCUT2D eigenvalue weighted by molar-refractivity contribution is 0.0759. The molecule has 0 radical (unpaired) electrons. The van der Waals surface area contributed by atoms with Crippen LogP contribution in [-0.4, -0.2) is 23.9 Å². The summed E-state index contributed by atoms with van der Waals surface area (Å²) in [7, 11) is 0. The molecule has 1 heterocycles. The molecule has 1 aliphatic rings. The Morgan fingerprint density at radius 1 is 1.35 bits per heavy atom. The van der Waals surface area contributed by atoms with Crippen molar-refractivity contribution < 1.29 is 4.79 Å². The topological polar surface area (TPSA) is 46.3 Å². The van der Waals surface area contributed by atoms with Crippen LogP contribution >= 0.6 is 15.9 Å². The molecule has 1 saturated heterocycles. The molecule has 110 valence electrons. The molecule has 3 nitrogen and oxygen atoms in total. The zero-order chi connectivity index (χ0) is 14.7. The van der Waals surface area contributed by atoms with Crippen molar-refractivity contribution in [3.63, 3.8) is 0 Å². The number of carbonyl (C=O) groups is 1. The van der Waals surface area contributed by atoms with Crippen molar-refractivity contribution in [2.24, 2.45) is 11.8 Å². The molecule has 4 heteroatoms. The van der Waals surface area contributed by atoms with E-state index < -0.39 is 0 Å². The highest BCUT2D eigenvalue weighted by atomic mass is 79.9. The number of likely N-dealkylation sites (tertiary alicyclic amines) is 1. The second-order valence-electron chi connectivity index (χ2n) is 5.96. The van der Waals surface area contributed by atoms with Gasteiger partial charge >= 0.3 is 0 Å². The van der Waals surface area contributed by atoms with E-state index in [9.17, 15) is 4.79 Å². The Kier molecular flexibility index (Phi) is 5.08. The first-order valence-electron chi connectivity index (χ1n) is 7.33. The third kappa shape index (κ3) is 3.54. The minimum Gasteiger partial charge on any atom is -0.398 e.